The fraction of sp³-hybridized carbons (Fsp3) is 0.600. The minimum Gasteiger partial charge on any atom is -0.386 e. The number of likely N-dealkylation sites (tertiary alicyclic amines) is 1. The molecule has 2 rings (SSSR count). The molecule has 0 saturated carbocycles. The number of carbonyl (C=O) groups excluding carboxylic acids is 1. The Hall–Kier alpha value is -2.08. The predicted molar refractivity (Wildman–Crippen MR) is 105 cm³/mol. The van der Waals surface area contributed by atoms with Crippen molar-refractivity contribution in [2.75, 3.05) is 26.2 Å². The van der Waals surface area contributed by atoms with E-state index in [0.29, 0.717) is 19.0 Å². The summed E-state index contributed by atoms with van der Waals surface area (Å²) in [6.07, 6.45) is 0.275. The maximum Gasteiger partial charge on any atom is 0.225 e. The molecule has 2 atom stereocenters. The highest BCUT2D eigenvalue weighted by molar-refractivity contribution is 5.81. The third-order valence-corrected chi connectivity index (χ3v) is 4.53. The smallest absolute Gasteiger partial charge is 0.225 e. The standard InChI is InChI=1S/C20H32N4O2/c1-5-21-20(22-12-18(25)16-8-6-7-15(4)11-16)23-17-9-10-24(13-17)19(26)14(2)3/h6-8,11,14,17-18,25H,5,9-10,12-13H2,1-4H3,(H2,21,22,23). The molecule has 1 aliphatic heterocycles. The van der Waals surface area contributed by atoms with Crippen molar-refractivity contribution in [3.8, 4) is 0 Å². The van der Waals surface area contributed by atoms with E-state index in [9.17, 15) is 9.90 Å². The predicted octanol–water partition coefficient (Wildman–Crippen LogP) is 1.84. The van der Waals surface area contributed by atoms with Gasteiger partial charge in [-0.1, -0.05) is 43.7 Å². The summed E-state index contributed by atoms with van der Waals surface area (Å²) < 4.78 is 0. The van der Waals surface area contributed by atoms with E-state index in [1.54, 1.807) is 0 Å². The number of aliphatic imine (C=N–C) groups is 1. The monoisotopic (exact) mass is 360 g/mol. The van der Waals surface area contributed by atoms with Crippen LogP contribution in [0.25, 0.3) is 0 Å². The first kappa shape index (κ1) is 20.2. The summed E-state index contributed by atoms with van der Waals surface area (Å²) in [6, 6.07) is 8.04. The average Bonchev–Trinajstić information content (AvgIpc) is 3.07. The molecule has 0 radical (unpaired) electrons. The summed E-state index contributed by atoms with van der Waals surface area (Å²) in [5, 5.41) is 17.0. The van der Waals surface area contributed by atoms with Crippen molar-refractivity contribution in [2.24, 2.45) is 10.9 Å². The maximum absolute atomic E-state index is 12.1. The van der Waals surface area contributed by atoms with Crippen LogP contribution in [-0.2, 0) is 4.79 Å². The lowest BCUT2D eigenvalue weighted by Gasteiger charge is -2.20. The SMILES string of the molecule is CCNC(=NCC(O)c1cccc(C)c1)NC1CCN(C(=O)C(C)C)C1. The number of rotatable bonds is 6. The van der Waals surface area contributed by atoms with Crippen LogP contribution in [-0.4, -0.2) is 54.1 Å². The maximum atomic E-state index is 12.1. The van der Waals surface area contributed by atoms with Crippen LogP contribution in [0.4, 0.5) is 0 Å². The Balaban J connectivity index is 1.93. The van der Waals surface area contributed by atoms with Crippen LogP contribution in [0.1, 0.15) is 44.4 Å². The quantitative estimate of drug-likeness (QED) is 0.534. The van der Waals surface area contributed by atoms with Crippen LogP contribution in [0.5, 0.6) is 0 Å². The summed E-state index contributed by atoms with van der Waals surface area (Å²) in [5.74, 6) is 0.911. The number of hydrogen-bond donors (Lipinski definition) is 3. The molecular weight excluding hydrogens is 328 g/mol. The van der Waals surface area contributed by atoms with Crippen LogP contribution in [0, 0.1) is 12.8 Å². The number of amides is 1. The lowest BCUT2D eigenvalue weighted by atomic mass is 10.1. The van der Waals surface area contributed by atoms with Crippen molar-refractivity contribution in [1.29, 1.82) is 0 Å². The largest absolute Gasteiger partial charge is 0.386 e. The molecule has 1 aromatic rings. The van der Waals surface area contributed by atoms with Gasteiger partial charge in [-0.25, -0.2) is 0 Å². The summed E-state index contributed by atoms with van der Waals surface area (Å²) >= 11 is 0. The van der Waals surface area contributed by atoms with Gasteiger partial charge in [0.05, 0.1) is 12.6 Å². The molecule has 1 amide bonds. The first-order valence-electron chi connectivity index (χ1n) is 9.49. The Morgan fingerprint density at radius 3 is 2.85 bits per heavy atom. The number of aliphatic hydroxyl groups excluding tert-OH is 1. The average molecular weight is 361 g/mol. The van der Waals surface area contributed by atoms with Crippen LogP contribution >= 0.6 is 0 Å². The highest BCUT2D eigenvalue weighted by Gasteiger charge is 2.28. The zero-order valence-corrected chi connectivity index (χ0v) is 16.3. The number of hydrogen-bond acceptors (Lipinski definition) is 3. The number of aryl methyl sites for hydroxylation is 1. The van der Waals surface area contributed by atoms with Crippen LogP contribution in [0.15, 0.2) is 29.3 Å². The third kappa shape index (κ3) is 5.73. The number of nitrogens with one attached hydrogen (secondary N) is 2. The lowest BCUT2D eigenvalue weighted by molar-refractivity contribution is -0.133. The molecule has 1 fully saturated rings. The molecule has 0 aromatic heterocycles. The van der Waals surface area contributed by atoms with E-state index < -0.39 is 6.10 Å². The molecule has 144 valence electrons. The fourth-order valence-corrected chi connectivity index (χ4v) is 3.12. The molecule has 0 bridgehead atoms. The molecule has 6 nitrogen and oxygen atoms in total. The van der Waals surface area contributed by atoms with Crippen LogP contribution in [0.2, 0.25) is 0 Å². The zero-order chi connectivity index (χ0) is 19.1. The summed E-state index contributed by atoms with van der Waals surface area (Å²) in [5.41, 5.74) is 2.00. The first-order chi connectivity index (χ1) is 12.4. The Bertz CT molecular complexity index is 630. The van der Waals surface area contributed by atoms with Gasteiger partial charge in [-0.15, -0.1) is 0 Å². The van der Waals surface area contributed by atoms with Gasteiger partial charge in [-0.05, 0) is 25.8 Å². The van der Waals surface area contributed by atoms with E-state index in [2.05, 4.69) is 15.6 Å². The van der Waals surface area contributed by atoms with Gasteiger partial charge in [0.15, 0.2) is 5.96 Å². The molecule has 6 heteroatoms. The molecule has 1 aliphatic rings. The van der Waals surface area contributed by atoms with Gasteiger partial charge in [-0.3, -0.25) is 9.79 Å². The Labute approximate surface area is 156 Å². The van der Waals surface area contributed by atoms with E-state index in [0.717, 1.165) is 30.6 Å². The molecule has 1 aromatic carbocycles. The number of guanidine groups is 1. The fourth-order valence-electron chi connectivity index (χ4n) is 3.12. The molecule has 2 unspecified atom stereocenters. The number of aliphatic hydroxyl groups is 1. The van der Waals surface area contributed by atoms with Crippen LogP contribution < -0.4 is 10.6 Å². The van der Waals surface area contributed by atoms with E-state index >= 15 is 0 Å². The summed E-state index contributed by atoms with van der Waals surface area (Å²) in [6.45, 7) is 10.4. The Morgan fingerprint density at radius 1 is 1.42 bits per heavy atom. The van der Waals surface area contributed by atoms with Crippen molar-refractivity contribution in [1.82, 2.24) is 15.5 Å². The van der Waals surface area contributed by atoms with Crippen LogP contribution in [0.3, 0.4) is 0 Å². The molecule has 3 N–H and O–H groups in total. The van der Waals surface area contributed by atoms with E-state index in [-0.39, 0.29) is 17.9 Å². The van der Waals surface area contributed by atoms with Crippen molar-refractivity contribution in [3.63, 3.8) is 0 Å². The highest BCUT2D eigenvalue weighted by atomic mass is 16.3. The van der Waals surface area contributed by atoms with Gasteiger partial charge >= 0.3 is 0 Å². The van der Waals surface area contributed by atoms with Crippen molar-refractivity contribution in [3.05, 3.63) is 35.4 Å². The molecule has 1 saturated heterocycles. The van der Waals surface area contributed by atoms with Crippen molar-refractivity contribution < 1.29 is 9.90 Å². The topological polar surface area (TPSA) is 77.0 Å². The molecule has 0 spiro atoms. The van der Waals surface area contributed by atoms with Gasteiger partial charge in [0, 0.05) is 31.6 Å². The van der Waals surface area contributed by atoms with E-state index in [4.69, 9.17) is 0 Å². The van der Waals surface area contributed by atoms with Gasteiger partial charge in [0.2, 0.25) is 5.91 Å². The zero-order valence-electron chi connectivity index (χ0n) is 16.3. The number of nitrogens with zero attached hydrogens (tertiary/aromatic N) is 2. The van der Waals surface area contributed by atoms with E-state index in [1.807, 2.05) is 56.9 Å². The second-order valence-corrected chi connectivity index (χ2v) is 7.22. The van der Waals surface area contributed by atoms with Gasteiger partial charge < -0.3 is 20.6 Å². The highest BCUT2D eigenvalue weighted by Crippen LogP contribution is 2.15. The summed E-state index contributed by atoms with van der Waals surface area (Å²) in [4.78, 5) is 18.6. The van der Waals surface area contributed by atoms with Gasteiger partial charge in [0.25, 0.3) is 0 Å². The van der Waals surface area contributed by atoms with Crippen molar-refractivity contribution >= 4 is 11.9 Å². The number of carbonyl (C=O) groups is 1. The normalized spacial score (nSPS) is 18.9. The Kier molecular flexibility index (Phi) is 7.45. The number of benzene rings is 1. The lowest BCUT2D eigenvalue weighted by Crippen LogP contribution is -2.45. The Morgan fingerprint density at radius 2 is 2.19 bits per heavy atom. The second-order valence-electron chi connectivity index (χ2n) is 7.22. The van der Waals surface area contributed by atoms with Gasteiger partial charge in [-0.2, -0.15) is 0 Å². The van der Waals surface area contributed by atoms with Crippen molar-refractivity contribution in [2.45, 2.75) is 46.3 Å². The molecule has 1 heterocycles. The van der Waals surface area contributed by atoms with E-state index in [1.165, 1.54) is 0 Å². The molecular formula is C20H32N4O2. The molecule has 26 heavy (non-hydrogen) atoms. The second kappa shape index (κ2) is 9.57. The first-order valence-corrected chi connectivity index (χ1v) is 9.49. The molecule has 0 aliphatic carbocycles. The third-order valence-electron chi connectivity index (χ3n) is 4.53. The minimum absolute atomic E-state index is 0.0279. The summed E-state index contributed by atoms with van der Waals surface area (Å²) in [7, 11) is 0. The minimum atomic E-state index is -0.632. The van der Waals surface area contributed by atoms with Gasteiger partial charge in [0.1, 0.15) is 0 Å².